The fraction of sp³-hybridized carbons (Fsp3) is 0.238. The molecule has 0 aromatic heterocycles. The van der Waals surface area contributed by atoms with E-state index in [-0.39, 0.29) is 5.92 Å². The summed E-state index contributed by atoms with van der Waals surface area (Å²) in [4.78, 5) is 2.12. The Kier molecular flexibility index (Phi) is 4.24. The van der Waals surface area contributed by atoms with E-state index in [4.69, 9.17) is 4.74 Å². The van der Waals surface area contributed by atoms with E-state index in [0.717, 1.165) is 5.75 Å². The van der Waals surface area contributed by atoms with Gasteiger partial charge in [0.2, 0.25) is 0 Å². The van der Waals surface area contributed by atoms with Crippen molar-refractivity contribution in [1.29, 1.82) is 0 Å². The Morgan fingerprint density at radius 1 is 0.870 bits per heavy atom. The van der Waals surface area contributed by atoms with Gasteiger partial charge in [0.1, 0.15) is 5.75 Å². The third-order valence-electron chi connectivity index (χ3n) is 4.49. The molecule has 1 atom stereocenters. The summed E-state index contributed by atoms with van der Waals surface area (Å²) in [7, 11) is 5.87. The summed E-state index contributed by atoms with van der Waals surface area (Å²) in [6, 6.07) is 21.5. The topological polar surface area (TPSA) is 12.5 Å². The van der Waals surface area contributed by atoms with Gasteiger partial charge in [-0.3, -0.25) is 0 Å². The molecule has 0 radical (unpaired) electrons. The van der Waals surface area contributed by atoms with Crippen LogP contribution in [0.15, 0.2) is 60.7 Å². The van der Waals surface area contributed by atoms with Crippen molar-refractivity contribution >= 4 is 16.5 Å². The average Bonchev–Trinajstić information content (AvgIpc) is 2.60. The number of methoxy groups -OCH3 is 1. The highest BCUT2D eigenvalue weighted by atomic mass is 16.5. The molecule has 0 bridgehead atoms. The third kappa shape index (κ3) is 2.89. The van der Waals surface area contributed by atoms with E-state index in [2.05, 4.69) is 86.6 Å². The van der Waals surface area contributed by atoms with Crippen molar-refractivity contribution in [3.8, 4) is 5.75 Å². The summed E-state index contributed by atoms with van der Waals surface area (Å²) in [5.41, 5.74) is 3.76. The number of nitrogens with zero attached hydrogens (tertiary/aromatic N) is 1. The average molecular weight is 305 g/mol. The molecule has 0 heterocycles. The minimum Gasteiger partial charge on any atom is -0.496 e. The molecule has 0 aliphatic carbocycles. The van der Waals surface area contributed by atoms with E-state index in [1.807, 2.05) is 0 Å². The van der Waals surface area contributed by atoms with E-state index in [1.165, 1.54) is 27.6 Å². The molecule has 3 rings (SSSR count). The minimum atomic E-state index is 0.271. The molecular weight excluding hydrogens is 282 g/mol. The van der Waals surface area contributed by atoms with Crippen LogP contribution >= 0.6 is 0 Å². The van der Waals surface area contributed by atoms with Crippen LogP contribution in [0.4, 0.5) is 5.69 Å². The van der Waals surface area contributed by atoms with E-state index in [9.17, 15) is 0 Å². The van der Waals surface area contributed by atoms with E-state index in [0.29, 0.717) is 0 Å². The normalized spacial score (nSPS) is 12.2. The summed E-state index contributed by atoms with van der Waals surface area (Å²) >= 11 is 0. The van der Waals surface area contributed by atoms with Gasteiger partial charge in [0.25, 0.3) is 0 Å². The molecule has 0 saturated heterocycles. The number of hydrogen-bond acceptors (Lipinski definition) is 2. The second-order valence-electron chi connectivity index (χ2n) is 6.11. The van der Waals surface area contributed by atoms with Gasteiger partial charge in [-0.1, -0.05) is 49.4 Å². The van der Waals surface area contributed by atoms with Crippen LogP contribution < -0.4 is 9.64 Å². The standard InChI is InChI=1S/C21H23NO/c1-15(16-9-12-18(13-10-16)22(2)3)21-19-8-6-5-7-17(19)11-14-20(21)23-4/h5-15H,1-4H3. The lowest BCUT2D eigenvalue weighted by atomic mass is 9.88. The number of fused-ring (bicyclic) bond motifs is 1. The molecule has 2 heteroatoms. The number of ether oxygens (including phenoxy) is 1. The molecule has 0 saturated carbocycles. The van der Waals surface area contributed by atoms with Crippen molar-refractivity contribution in [2.24, 2.45) is 0 Å². The Hall–Kier alpha value is -2.48. The molecule has 118 valence electrons. The summed E-state index contributed by atoms with van der Waals surface area (Å²) in [6.45, 7) is 2.24. The summed E-state index contributed by atoms with van der Waals surface area (Å²) < 4.78 is 5.65. The largest absolute Gasteiger partial charge is 0.496 e. The maximum Gasteiger partial charge on any atom is 0.123 e. The second kappa shape index (κ2) is 6.33. The molecule has 0 spiro atoms. The number of hydrogen-bond donors (Lipinski definition) is 0. The van der Waals surface area contributed by atoms with Crippen LogP contribution in [0.3, 0.4) is 0 Å². The first-order valence-corrected chi connectivity index (χ1v) is 7.94. The van der Waals surface area contributed by atoms with Crippen LogP contribution in [0.5, 0.6) is 5.75 Å². The van der Waals surface area contributed by atoms with Crippen LogP contribution in [0.25, 0.3) is 10.8 Å². The first kappa shape index (κ1) is 15.4. The highest BCUT2D eigenvalue weighted by molar-refractivity contribution is 5.88. The number of anilines is 1. The quantitative estimate of drug-likeness (QED) is 0.667. The van der Waals surface area contributed by atoms with Gasteiger partial charge in [-0.25, -0.2) is 0 Å². The maximum absolute atomic E-state index is 5.65. The lowest BCUT2D eigenvalue weighted by molar-refractivity contribution is 0.409. The highest BCUT2D eigenvalue weighted by Gasteiger charge is 2.17. The molecule has 0 aliphatic heterocycles. The van der Waals surface area contributed by atoms with Gasteiger partial charge in [-0.15, -0.1) is 0 Å². The molecule has 0 amide bonds. The van der Waals surface area contributed by atoms with Gasteiger partial charge >= 0.3 is 0 Å². The van der Waals surface area contributed by atoms with Crippen molar-refractivity contribution in [2.45, 2.75) is 12.8 Å². The van der Waals surface area contributed by atoms with Crippen LogP contribution in [0.1, 0.15) is 24.0 Å². The predicted molar refractivity (Wildman–Crippen MR) is 98.8 cm³/mol. The van der Waals surface area contributed by atoms with Crippen molar-refractivity contribution < 1.29 is 4.74 Å². The zero-order valence-electron chi connectivity index (χ0n) is 14.2. The minimum absolute atomic E-state index is 0.271. The van der Waals surface area contributed by atoms with Crippen molar-refractivity contribution in [3.05, 3.63) is 71.8 Å². The second-order valence-corrected chi connectivity index (χ2v) is 6.11. The maximum atomic E-state index is 5.65. The lowest BCUT2D eigenvalue weighted by Gasteiger charge is -2.20. The fourth-order valence-electron chi connectivity index (χ4n) is 3.13. The molecular formula is C21H23NO. The van der Waals surface area contributed by atoms with Gasteiger partial charge in [0, 0.05) is 31.3 Å². The summed E-state index contributed by atoms with van der Waals surface area (Å²) in [5.74, 6) is 1.22. The summed E-state index contributed by atoms with van der Waals surface area (Å²) in [5, 5.41) is 2.51. The highest BCUT2D eigenvalue weighted by Crippen LogP contribution is 2.37. The molecule has 0 fully saturated rings. The van der Waals surface area contributed by atoms with Crippen LogP contribution in [0, 0.1) is 0 Å². The zero-order valence-corrected chi connectivity index (χ0v) is 14.2. The Morgan fingerprint density at radius 2 is 1.57 bits per heavy atom. The molecule has 2 nitrogen and oxygen atoms in total. The Morgan fingerprint density at radius 3 is 2.22 bits per heavy atom. The van der Waals surface area contributed by atoms with E-state index in [1.54, 1.807) is 7.11 Å². The van der Waals surface area contributed by atoms with Crippen LogP contribution in [-0.2, 0) is 0 Å². The first-order valence-electron chi connectivity index (χ1n) is 7.94. The molecule has 1 unspecified atom stereocenters. The SMILES string of the molecule is COc1ccc2ccccc2c1C(C)c1ccc(N(C)C)cc1. The Balaban J connectivity index is 2.11. The number of rotatable bonds is 4. The number of benzene rings is 3. The van der Waals surface area contributed by atoms with Gasteiger partial charge in [0.05, 0.1) is 7.11 Å². The van der Waals surface area contributed by atoms with E-state index >= 15 is 0 Å². The van der Waals surface area contributed by atoms with Gasteiger partial charge in [-0.05, 0) is 34.5 Å². The van der Waals surface area contributed by atoms with Crippen LogP contribution in [0.2, 0.25) is 0 Å². The van der Waals surface area contributed by atoms with Gasteiger partial charge in [0.15, 0.2) is 0 Å². The van der Waals surface area contributed by atoms with E-state index < -0.39 is 0 Å². The molecule has 3 aromatic rings. The van der Waals surface area contributed by atoms with Crippen molar-refractivity contribution in [3.63, 3.8) is 0 Å². The third-order valence-corrected chi connectivity index (χ3v) is 4.49. The fourth-order valence-corrected chi connectivity index (χ4v) is 3.13. The molecule has 0 aliphatic rings. The molecule has 0 N–H and O–H groups in total. The zero-order chi connectivity index (χ0) is 16.4. The van der Waals surface area contributed by atoms with Crippen molar-refractivity contribution in [2.75, 3.05) is 26.1 Å². The lowest BCUT2D eigenvalue weighted by Crippen LogP contribution is -2.08. The first-order chi connectivity index (χ1) is 11.1. The van der Waals surface area contributed by atoms with Crippen molar-refractivity contribution in [1.82, 2.24) is 0 Å². The summed E-state index contributed by atoms with van der Waals surface area (Å²) in [6.07, 6.45) is 0. The molecule has 23 heavy (non-hydrogen) atoms. The van der Waals surface area contributed by atoms with Gasteiger partial charge < -0.3 is 9.64 Å². The molecule has 3 aromatic carbocycles. The predicted octanol–water partition coefficient (Wildman–Crippen LogP) is 5.07. The monoisotopic (exact) mass is 305 g/mol. The smallest absolute Gasteiger partial charge is 0.123 e. The van der Waals surface area contributed by atoms with Gasteiger partial charge in [-0.2, -0.15) is 0 Å². The van der Waals surface area contributed by atoms with Crippen LogP contribution in [-0.4, -0.2) is 21.2 Å². The Labute approximate surface area is 138 Å². The Bertz CT molecular complexity index is 806.